The minimum atomic E-state index is -0.288. The number of hydrogen-bond acceptors (Lipinski definition) is 3. The SMILES string of the molecule is Cl.NCCN(CCc1ccccc1)C(=O)c1nn(-c2ccc(F)cc2)c2c1CCC2. The van der Waals surface area contributed by atoms with E-state index in [0.717, 1.165) is 42.6 Å². The molecule has 5 nitrogen and oxygen atoms in total. The molecule has 0 aliphatic heterocycles. The highest BCUT2D eigenvalue weighted by Gasteiger charge is 2.29. The Morgan fingerprint density at radius 1 is 1.07 bits per heavy atom. The van der Waals surface area contributed by atoms with Crippen molar-refractivity contribution in [2.24, 2.45) is 5.73 Å². The lowest BCUT2D eigenvalue weighted by atomic mass is 10.1. The zero-order chi connectivity index (χ0) is 20.2. The van der Waals surface area contributed by atoms with Crippen molar-refractivity contribution in [3.05, 3.63) is 82.9 Å². The summed E-state index contributed by atoms with van der Waals surface area (Å²) in [5.74, 6) is -0.366. The summed E-state index contributed by atoms with van der Waals surface area (Å²) in [4.78, 5) is 15.1. The van der Waals surface area contributed by atoms with Gasteiger partial charge in [0.25, 0.3) is 5.91 Å². The number of hydrogen-bond donors (Lipinski definition) is 1. The van der Waals surface area contributed by atoms with Crippen LogP contribution in [-0.2, 0) is 19.3 Å². The first-order valence-corrected chi connectivity index (χ1v) is 10.1. The van der Waals surface area contributed by atoms with E-state index in [1.165, 1.54) is 17.7 Å². The molecule has 1 aromatic heterocycles. The number of aromatic nitrogens is 2. The maximum absolute atomic E-state index is 13.3. The van der Waals surface area contributed by atoms with Crippen molar-refractivity contribution in [2.45, 2.75) is 25.7 Å². The van der Waals surface area contributed by atoms with E-state index in [1.807, 2.05) is 18.2 Å². The van der Waals surface area contributed by atoms with Gasteiger partial charge in [0.2, 0.25) is 0 Å². The van der Waals surface area contributed by atoms with Gasteiger partial charge in [0.05, 0.1) is 5.69 Å². The molecular formula is C23H26ClFN4O. The molecular weight excluding hydrogens is 403 g/mol. The van der Waals surface area contributed by atoms with Gasteiger partial charge in [0.15, 0.2) is 5.69 Å². The quantitative estimate of drug-likeness (QED) is 0.625. The number of nitrogens with zero attached hydrogens (tertiary/aromatic N) is 3. The van der Waals surface area contributed by atoms with Gasteiger partial charge in [-0.05, 0) is 55.5 Å². The summed E-state index contributed by atoms with van der Waals surface area (Å²) in [5, 5.41) is 4.65. The fraction of sp³-hybridized carbons (Fsp3) is 0.304. The first kappa shape index (κ1) is 22.0. The molecule has 3 aromatic rings. The minimum Gasteiger partial charge on any atom is -0.336 e. The molecule has 0 unspecified atom stereocenters. The summed E-state index contributed by atoms with van der Waals surface area (Å²) >= 11 is 0. The first-order chi connectivity index (χ1) is 14.2. The lowest BCUT2D eigenvalue weighted by molar-refractivity contribution is 0.0754. The van der Waals surface area contributed by atoms with Crippen LogP contribution in [0.4, 0.5) is 4.39 Å². The Kier molecular flexibility index (Phi) is 7.24. The van der Waals surface area contributed by atoms with Gasteiger partial charge in [-0.15, -0.1) is 12.4 Å². The van der Waals surface area contributed by atoms with Crippen molar-refractivity contribution in [3.63, 3.8) is 0 Å². The summed E-state index contributed by atoms with van der Waals surface area (Å²) < 4.78 is 15.1. The lowest BCUT2D eigenvalue weighted by Gasteiger charge is -2.21. The van der Waals surface area contributed by atoms with Crippen LogP contribution in [0.3, 0.4) is 0 Å². The van der Waals surface area contributed by atoms with Crippen LogP contribution < -0.4 is 5.73 Å². The Hall–Kier alpha value is -2.70. The number of halogens is 2. The normalized spacial score (nSPS) is 12.3. The molecule has 30 heavy (non-hydrogen) atoms. The maximum Gasteiger partial charge on any atom is 0.274 e. The molecule has 7 heteroatoms. The first-order valence-electron chi connectivity index (χ1n) is 10.1. The molecule has 158 valence electrons. The smallest absolute Gasteiger partial charge is 0.274 e. The molecule has 2 aromatic carbocycles. The summed E-state index contributed by atoms with van der Waals surface area (Å²) in [7, 11) is 0. The van der Waals surface area contributed by atoms with Gasteiger partial charge >= 0.3 is 0 Å². The molecule has 0 saturated heterocycles. The van der Waals surface area contributed by atoms with E-state index in [0.29, 0.717) is 25.3 Å². The molecule has 0 atom stereocenters. The van der Waals surface area contributed by atoms with Crippen LogP contribution in [0.1, 0.15) is 33.7 Å². The average Bonchev–Trinajstić information content (AvgIpc) is 3.35. The number of amides is 1. The number of benzene rings is 2. The van der Waals surface area contributed by atoms with E-state index in [4.69, 9.17) is 5.73 Å². The van der Waals surface area contributed by atoms with E-state index < -0.39 is 0 Å². The fourth-order valence-corrected chi connectivity index (χ4v) is 3.93. The van der Waals surface area contributed by atoms with Crippen LogP contribution in [0.2, 0.25) is 0 Å². The van der Waals surface area contributed by atoms with Gasteiger partial charge in [-0.3, -0.25) is 4.79 Å². The zero-order valence-electron chi connectivity index (χ0n) is 16.8. The van der Waals surface area contributed by atoms with E-state index in [-0.39, 0.29) is 24.1 Å². The van der Waals surface area contributed by atoms with Gasteiger partial charge in [-0.1, -0.05) is 30.3 Å². The number of rotatable bonds is 7. The Morgan fingerprint density at radius 2 is 1.80 bits per heavy atom. The van der Waals surface area contributed by atoms with E-state index >= 15 is 0 Å². The molecule has 0 fully saturated rings. The van der Waals surface area contributed by atoms with Gasteiger partial charge in [-0.2, -0.15) is 5.10 Å². The van der Waals surface area contributed by atoms with Crippen molar-refractivity contribution in [3.8, 4) is 5.69 Å². The van der Waals surface area contributed by atoms with Crippen molar-refractivity contribution in [1.82, 2.24) is 14.7 Å². The Morgan fingerprint density at radius 3 is 2.50 bits per heavy atom. The van der Waals surface area contributed by atoms with Gasteiger partial charge in [-0.25, -0.2) is 9.07 Å². The van der Waals surface area contributed by atoms with E-state index in [1.54, 1.807) is 21.7 Å². The molecule has 0 saturated carbocycles. The van der Waals surface area contributed by atoms with Crippen LogP contribution >= 0.6 is 12.4 Å². The predicted octanol–water partition coefficient (Wildman–Crippen LogP) is 3.57. The zero-order valence-corrected chi connectivity index (χ0v) is 17.6. The Labute approximate surface area is 182 Å². The molecule has 4 rings (SSSR count). The van der Waals surface area contributed by atoms with Crippen LogP contribution in [0.25, 0.3) is 5.69 Å². The summed E-state index contributed by atoms with van der Waals surface area (Å²) in [6.45, 7) is 1.49. The van der Waals surface area contributed by atoms with Crippen LogP contribution in [0.15, 0.2) is 54.6 Å². The summed E-state index contributed by atoms with van der Waals surface area (Å²) in [6.07, 6.45) is 3.48. The molecule has 2 N–H and O–H groups in total. The third-order valence-electron chi connectivity index (χ3n) is 5.40. The lowest BCUT2D eigenvalue weighted by Crippen LogP contribution is -2.37. The second kappa shape index (κ2) is 9.87. The summed E-state index contributed by atoms with van der Waals surface area (Å²) in [6, 6.07) is 16.3. The molecule has 1 aliphatic rings. The minimum absolute atomic E-state index is 0. The summed E-state index contributed by atoms with van der Waals surface area (Å²) in [5.41, 5.74) is 10.3. The van der Waals surface area contributed by atoms with Crippen molar-refractivity contribution < 1.29 is 9.18 Å². The highest BCUT2D eigenvalue weighted by atomic mass is 35.5. The predicted molar refractivity (Wildman–Crippen MR) is 118 cm³/mol. The topological polar surface area (TPSA) is 64.2 Å². The van der Waals surface area contributed by atoms with Crippen LogP contribution in [0, 0.1) is 5.82 Å². The molecule has 0 spiro atoms. The fourth-order valence-electron chi connectivity index (χ4n) is 3.93. The van der Waals surface area contributed by atoms with Gasteiger partial charge < -0.3 is 10.6 Å². The van der Waals surface area contributed by atoms with E-state index in [2.05, 4.69) is 17.2 Å². The largest absolute Gasteiger partial charge is 0.336 e. The highest BCUT2D eigenvalue weighted by Crippen LogP contribution is 2.28. The third kappa shape index (κ3) is 4.55. The molecule has 1 heterocycles. The monoisotopic (exact) mass is 428 g/mol. The maximum atomic E-state index is 13.3. The molecule has 0 radical (unpaired) electrons. The van der Waals surface area contributed by atoms with E-state index in [9.17, 15) is 9.18 Å². The van der Waals surface area contributed by atoms with Crippen LogP contribution in [0.5, 0.6) is 0 Å². The highest BCUT2D eigenvalue weighted by molar-refractivity contribution is 5.94. The molecule has 1 aliphatic carbocycles. The number of carbonyl (C=O) groups excluding carboxylic acids is 1. The molecule has 0 bridgehead atoms. The number of carbonyl (C=O) groups is 1. The van der Waals surface area contributed by atoms with Crippen molar-refractivity contribution in [2.75, 3.05) is 19.6 Å². The second-order valence-electron chi connectivity index (χ2n) is 7.33. The van der Waals surface area contributed by atoms with Crippen molar-refractivity contribution >= 4 is 18.3 Å². The number of fused-ring (bicyclic) bond motifs is 1. The van der Waals surface area contributed by atoms with Gasteiger partial charge in [0, 0.05) is 30.9 Å². The van der Waals surface area contributed by atoms with Gasteiger partial charge in [0.1, 0.15) is 5.82 Å². The number of nitrogens with two attached hydrogens (primary N) is 1. The van der Waals surface area contributed by atoms with Crippen LogP contribution in [-0.4, -0.2) is 40.2 Å². The van der Waals surface area contributed by atoms with Crippen molar-refractivity contribution in [1.29, 1.82) is 0 Å². The molecule has 1 amide bonds. The second-order valence-corrected chi connectivity index (χ2v) is 7.33. The standard InChI is InChI=1S/C23H25FN4O.ClH/c24-18-9-11-19(12-10-18)28-21-8-4-7-20(21)22(26-28)23(29)27(16-14-25)15-13-17-5-2-1-3-6-17;/h1-3,5-6,9-12H,4,7-8,13-16,25H2;1H. The Balaban J connectivity index is 0.00000256. The Bertz CT molecular complexity index is 988. The average molecular weight is 429 g/mol. The third-order valence-corrected chi connectivity index (χ3v) is 5.40.